The zero-order valence-electron chi connectivity index (χ0n) is 18.5. The van der Waals surface area contributed by atoms with Crippen molar-refractivity contribution in [1.82, 2.24) is 15.2 Å². The number of esters is 1. The number of likely N-dealkylation sites (tertiary alicyclic amines) is 1. The molecule has 0 bridgehead atoms. The van der Waals surface area contributed by atoms with Crippen molar-refractivity contribution >= 4 is 28.9 Å². The van der Waals surface area contributed by atoms with E-state index >= 15 is 0 Å². The fourth-order valence-electron chi connectivity index (χ4n) is 4.18. The average molecular weight is 450 g/mol. The van der Waals surface area contributed by atoms with Crippen molar-refractivity contribution in [1.29, 1.82) is 0 Å². The van der Waals surface area contributed by atoms with Crippen molar-refractivity contribution in [3.63, 3.8) is 0 Å². The number of amides is 2. The van der Waals surface area contributed by atoms with Gasteiger partial charge in [-0.1, -0.05) is 48.5 Å². The molecular formula is C25H27N3O5. The van der Waals surface area contributed by atoms with Crippen molar-refractivity contribution in [2.24, 2.45) is 0 Å². The van der Waals surface area contributed by atoms with Gasteiger partial charge in [-0.15, -0.1) is 0 Å². The molecule has 3 aromatic rings. The molecule has 8 nitrogen and oxygen atoms in total. The first kappa shape index (κ1) is 22.4. The van der Waals surface area contributed by atoms with Crippen LogP contribution in [0.4, 0.5) is 4.79 Å². The van der Waals surface area contributed by atoms with Crippen LogP contribution in [0, 0.1) is 0 Å². The van der Waals surface area contributed by atoms with Crippen LogP contribution in [0.1, 0.15) is 24.0 Å². The Kier molecular flexibility index (Phi) is 6.92. The number of H-pyrrole nitrogens is 1. The second-order valence-electron chi connectivity index (χ2n) is 8.04. The lowest BCUT2D eigenvalue weighted by molar-refractivity contribution is -0.145. The predicted molar refractivity (Wildman–Crippen MR) is 122 cm³/mol. The van der Waals surface area contributed by atoms with Gasteiger partial charge >= 0.3 is 12.1 Å². The fraction of sp³-hybridized carbons (Fsp3) is 0.320. The van der Waals surface area contributed by atoms with Gasteiger partial charge in [0.05, 0.1) is 7.11 Å². The quantitative estimate of drug-likeness (QED) is 0.540. The van der Waals surface area contributed by atoms with Crippen LogP contribution in [-0.2, 0) is 32.1 Å². The molecule has 2 amide bonds. The molecule has 2 N–H and O–H groups in total. The lowest BCUT2D eigenvalue weighted by Gasteiger charge is -2.25. The Bertz CT molecular complexity index is 1130. The van der Waals surface area contributed by atoms with Crippen molar-refractivity contribution in [2.75, 3.05) is 13.7 Å². The first-order valence-corrected chi connectivity index (χ1v) is 11.0. The van der Waals surface area contributed by atoms with Gasteiger partial charge in [0.2, 0.25) is 5.91 Å². The molecule has 1 fully saturated rings. The third-order valence-electron chi connectivity index (χ3n) is 5.90. The third-order valence-corrected chi connectivity index (χ3v) is 5.90. The van der Waals surface area contributed by atoms with Crippen molar-refractivity contribution in [2.45, 2.75) is 38.0 Å². The number of hydrogen-bond donors (Lipinski definition) is 2. The summed E-state index contributed by atoms with van der Waals surface area (Å²) in [5.74, 6) is -0.927. The molecule has 1 saturated heterocycles. The number of nitrogens with one attached hydrogen (secondary N) is 2. The highest BCUT2D eigenvalue weighted by molar-refractivity contribution is 5.91. The highest BCUT2D eigenvalue weighted by Crippen LogP contribution is 2.22. The van der Waals surface area contributed by atoms with Gasteiger partial charge in [-0.2, -0.15) is 0 Å². The maximum Gasteiger partial charge on any atom is 0.410 e. The molecule has 33 heavy (non-hydrogen) atoms. The number of benzene rings is 2. The van der Waals surface area contributed by atoms with Gasteiger partial charge < -0.3 is 19.8 Å². The number of fused-ring (bicyclic) bond motifs is 1. The van der Waals surface area contributed by atoms with E-state index in [1.54, 1.807) is 0 Å². The van der Waals surface area contributed by atoms with Crippen molar-refractivity contribution in [3.05, 3.63) is 71.9 Å². The summed E-state index contributed by atoms with van der Waals surface area (Å²) >= 11 is 0. The number of hydrogen-bond acceptors (Lipinski definition) is 5. The zero-order valence-corrected chi connectivity index (χ0v) is 18.5. The van der Waals surface area contributed by atoms with Crippen LogP contribution in [-0.4, -0.2) is 53.6 Å². The predicted octanol–water partition coefficient (Wildman–Crippen LogP) is 3.17. The van der Waals surface area contributed by atoms with E-state index in [1.807, 2.05) is 60.8 Å². The third kappa shape index (κ3) is 5.16. The molecule has 2 atom stereocenters. The SMILES string of the molecule is COC(=O)[C@H](Cc1c[nH]c2ccccc12)NC(=O)[C@H]1CCCN1C(=O)OCc1ccccc1. The smallest absolute Gasteiger partial charge is 0.410 e. The largest absolute Gasteiger partial charge is 0.467 e. The molecule has 1 aliphatic heterocycles. The van der Waals surface area contributed by atoms with E-state index in [0.717, 1.165) is 22.0 Å². The van der Waals surface area contributed by atoms with Gasteiger partial charge in [-0.3, -0.25) is 9.69 Å². The normalized spacial score (nSPS) is 16.4. The van der Waals surface area contributed by atoms with Crippen LogP contribution in [0.25, 0.3) is 10.9 Å². The second-order valence-corrected chi connectivity index (χ2v) is 8.04. The van der Waals surface area contributed by atoms with E-state index in [0.29, 0.717) is 19.4 Å². The maximum atomic E-state index is 13.1. The van der Waals surface area contributed by atoms with E-state index in [2.05, 4.69) is 10.3 Å². The Balaban J connectivity index is 1.42. The van der Waals surface area contributed by atoms with Crippen LogP contribution in [0.5, 0.6) is 0 Å². The topological polar surface area (TPSA) is 101 Å². The molecule has 0 unspecified atom stereocenters. The molecule has 2 aromatic carbocycles. The lowest BCUT2D eigenvalue weighted by atomic mass is 10.0. The summed E-state index contributed by atoms with van der Waals surface area (Å²) in [4.78, 5) is 42.8. The van der Waals surface area contributed by atoms with E-state index in [4.69, 9.17) is 9.47 Å². The first-order chi connectivity index (χ1) is 16.1. The van der Waals surface area contributed by atoms with Crippen LogP contribution >= 0.6 is 0 Å². The molecular weight excluding hydrogens is 422 g/mol. The van der Waals surface area contributed by atoms with E-state index in [9.17, 15) is 14.4 Å². The minimum atomic E-state index is -0.871. The summed E-state index contributed by atoms with van der Waals surface area (Å²) in [7, 11) is 1.29. The molecule has 1 aromatic heterocycles. The van der Waals surface area contributed by atoms with E-state index in [1.165, 1.54) is 12.0 Å². The number of carbonyl (C=O) groups is 3. The Morgan fingerprint density at radius 1 is 1.12 bits per heavy atom. The summed E-state index contributed by atoms with van der Waals surface area (Å²) in [6.07, 6.45) is 2.75. The number of rotatable bonds is 7. The van der Waals surface area contributed by atoms with Gasteiger partial charge in [0, 0.05) is 30.1 Å². The number of carbonyl (C=O) groups excluding carboxylic acids is 3. The molecule has 0 saturated carbocycles. The van der Waals surface area contributed by atoms with E-state index in [-0.39, 0.29) is 18.9 Å². The fourth-order valence-corrected chi connectivity index (χ4v) is 4.18. The Labute approximate surface area is 191 Å². The minimum absolute atomic E-state index is 0.135. The molecule has 2 heterocycles. The maximum absolute atomic E-state index is 13.1. The standard InChI is InChI=1S/C25H27N3O5/c1-32-24(30)21(14-18-15-26-20-11-6-5-10-19(18)20)27-23(29)22-12-7-13-28(22)25(31)33-16-17-8-3-2-4-9-17/h2-6,8-11,15,21-22,26H,7,12-14,16H2,1H3,(H,27,29)/t21-,22+/m0/s1. The van der Waals surface area contributed by atoms with Gasteiger partial charge in [0.15, 0.2) is 0 Å². The summed E-state index contributed by atoms with van der Waals surface area (Å²) in [5.41, 5.74) is 2.72. The summed E-state index contributed by atoms with van der Waals surface area (Å²) in [6.45, 7) is 0.562. The van der Waals surface area contributed by atoms with Gasteiger partial charge in [0.1, 0.15) is 18.7 Å². The Hall–Kier alpha value is -3.81. The number of ether oxygens (including phenoxy) is 2. The Morgan fingerprint density at radius 3 is 2.67 bits per heavy atom. The van der Waals surface area contributed by atoms with Crippen LogP contribution < -0.4 is 5.32 Å². The number of para-hydroxylation sites is 1. The average Bonchev–Trinajstić information content (AvgIpc) is 3.50. The molecule has 0 aliphatic carbocycles. The molecule has 8 heteroatoms. The number of nitrogens with zero attached hydrogens (tertiary/aromatic N) is 1. The van der Waals surface area contributed by atoms with Crippen molar-refractivity contribution in [3.8, 4) is 0 Å². The number of methoxy groups -OCH3 is 1. The molecule has 172 valence electrons. The zero-order chi connectivity index (χ0) is 23.2. The lowest BCUT2D eigenvalue weighted by Crippen LogP contribution is -2.51. The summed E-state index contributed by atoms with van der Waals surface area (Å²) < 4.78 is 10.3. The summed E-state index contributed by atoms with van der Waals surface area (Å²) in [5, 5.41) is 3.77. The number of aromatic amines is 1. The van der Waals surface area contributed by atoms with Crippen LogP contribution in [0.15, 0.2) is 60.8 Å². The van der Waals surface area contributed by atoms with Crippen molar-refractivity contribution < 1.29 is 23.9 Å². The monoisotopic (exact) mass is 449 g/mol. The first-order valence-electron chi connectivity index (χ1n) is 11.0. The molecule has 0 radical (unpaired) electrons. The van der Waals surface area contributed by atoms with Crippen LogP contribution in [0.2, 0.25) is 0 Å². The highest BCUT2D eigenvalue weighted by Gasteiger charge is 2.37. The van der Waals surface area contributed by atoms with Gasteiger partial charge in [0.25, 0.3) is 0 Å². The minimum Gasteiger partial charge on any atom is -0.467 e. The Morgan fingerprint density at radius 2 is 1.88 bits per heavy atom. The van der Waals surface area contributed by atoms with E-state index < -0.39 is 24.1 Å². The van der Waals surface area contributed by atoms with Gasteiger partial charge in [-0.25, -0.2) is 9.59 Å². The van der Waals surface area contributed by atoms with Crippen LogP contribution in [0.3, 0.4) is 0 Å². The second kappa shape index (κ2) is 10.2. The van der Waals surface area contributed by atoms with Gasteiger partial charge in [-0.05, 0) is 30.0 Å². The number of aromatic nitrogens is 1. The summed E-state index contributed by atoms with van der Waals surface area (Å²) in [6, 6.07) is 15.6. The highest BCUT2D eigenvalue weighted by atomic mass is 16.6. The molecule has 4 rings (SSSR count). The molecule has 0 spiro atoms. The molecule has 1 aliphatic rings.